The number of hydrogen-bond donors (Lipinski definition) is 0. The molecule has 4 saturated carbocycles. The molecule has 6 aliphatic rings. The fourth-order valence-corrected chi connectivity index (χ4v) is 10.6. The number of carbonyl (C=O) groups is 3. The van der Waals surface area contributed by atoms with Crippen LogP contribution in [0.15, 0.2) is 48.6 Å². The average molecular weight is 501 g/mol. The van der Waals surface area contributed by atoms with Gasteiger partial charge in [0.1, 0.15) is 23.4 Å². The third-order valence-electron chi connectivity index (χ3n) is 11.8. The van der Waals surface area contributed by atoms with E-state index in [9.17, 15) is 14.4 Å². The van der Waals surface area contributed by atoms with Crippen molar-refractivity contribution in [2.24, 2.45) is 46.3 Å². The number of hydrogen-bond acceptors (Lipinski definition) is 5. The van der Waals surface area contributed by atoms with Crippen molar-refractivity contribution < 1.29 is 23.9 Å². The highest BCUT2D eigenvalue weighted by Crippen LogP contribution is 2.81. The highest BCUT2D eigenvalue weighted by atomic mass is 16.5. The van der Waals surface area contributed by atoms with Crippen LogP contribution >= 0.6 is 0 Å². The molecule has 10 atom stereocenters. The van der Waals surface area contributed by atoms with Gasteiger partial charge in [0, 0.05) is 30.6 Å². The van der Waals surface area contributed by atoms with Crippen molar-refractivity contribution >= 4 is 17.5 Å². The fourth-order valence-electron chi connectivity index (χ4n) is 10.6. The van der Waals surface area contributed by atoms with Crippen LogP contribution in [0.4, 0.5) is 0 Å². The molecule has 0 unspecified atom stereocenters. The Morgan fingerprint density at radius 3 is 2.49 bits per heavy atom. The van der Waals surface area contributed by atoms with E-state index in [0.717, 1.165) is 37.9 Å². The summed E-state index contributed by atoms with van der Waals surface area (Å²) in [5, 5.41) is 0. The van der Waals surface area contributed by atoms with Crippen molar-refractivity contribution in [1.29, 1.82) is 0 Å². The second kappa shape index (κ2) is 7.68. The highest BCUT2D eigenvalue weighted by molar-refractivity contribution is 5.95. The molecule has 0 spiro atoms. The molecule has 1 aromatic carbocycles. The summed E-state index contributed by atoms with van der Waals surface area (Å²) in [5.74, 6) is 0.456. The predicted molar refractivity (Wildman–Crippen MR) is 138 cm³/mol. The first-order valence-corrected chi connectivity index (χ1v) is 14.0. The highest BCUT2D eigenvalue weighted by Gasteiger charge is 2.80. The average Bonchev–Trinajstić information content (AvgIpc) is 3.41. The minimum Gasteiger partial charge on any atom is -0.497 e. The quantitative estimate of drug-likeness (QED) is 0.420. The summed E-state index contributed by atoms with van der Waals surface area (Å²) in [6, 6.07) is 8.33. The summed E-state index contributed by atoms with van der Waals surface area (Å²) >= 11 is 0. The van der Waals surface area contributed by atoms with E-state index < -0.39 is 11.5 Å². The van der Waals surface area contributed by atoms with E-state index in [2.05, 4.69) is 37.3 Å². The van der Waals surface area contributed by atoms with Crippen molar-refractivity contribution in [3.63, 3.8) is 0 Å². The first-order chi connectivity index (χ1) is 17.8. The Hall–Kier alpha value is -2.69. The van der Waals surface area contributed by atoms with Gasteiger partial charge >= 0.3 is 5.97 Å². The number of fused-ring (bicyclic) bond motifs is 6. The van der Waals surface area contributed by atoms with Crippen LogP contribution in [0.5, 0.6) is 5.75 Å². The van der Waals surface area contributed by atoms with Gasteiger partial charge in [-0.2, -0.15) is 0 Å². The molecule has 7 rings (SSSR count). The van der Waals surface area contributed by atoms with Crippen LogP contribution in [0.25, 0.3) is 0 Å². The van der Waals surface area contributed by atoms with Gasteiger partial charge < -0.3 is 9.47 Å². The number of Topliss-reactive ketones (excluding diaryl/α,β-unsaturated/α-hetero) is 2. The molecule has 0 saturated heterocycles. The van der Waals surface area contributed by atoms with Gasteiger partial charge in [-0.1, -0.05) is 50.1 Å². The number of ether oxygens (including phenoxy) is 2. The second-order valence-corrected chi connectivity index (χ2v) is 12.7. The summed E-state index contributed by atoms with van der Waals surface area (Å²) < 4.78 is 11.1. The molecule has 5 heteroatoms. The van der Waals surface area contributed by atoms with Crippen LogP contribution in [-0.4, -0.2) is 30.7 Å². The van der Waals surface area contributed by atoms with Crippen LogP contribution in [0, 0.1) is 46.3 Å². The first kappa shape index (κ1) is 23.4. The Balaban J connectivity index is 1.39. The van der Waals surface area contributed by atoms with Crippen LogP contribution in [-0.2, 0) is 24.5 Å². The number of rotatable bonds is 3. The fraction of sp³-hybridized carbons (Fsp3) is 0.594. The molecule has 0 aliphatic heterocycles. The molecule has 194 valence electrons. The second-order valence-electron chi connectivity index (χ2n) is 12.7. The maximum atomic E-state index is 14.4. The number of carbonyl (C=O) groups excluding carboxylic acids is 3. The maximum absolute atomic E-state index is 14.4. The molecule has 0 radical (unpaired) electrons. The lowest BCUT2D eigenvalue weighted by Gasteiger charge is -2.51. The number of methoxy groups -OCH3 is 1. The minimum absolute atomic E-state index is 0.00669. The van der Waals surface area contributed by atoms with Gasteiger partial charge in [-0.25, -0.2) is 0 Å². The number of ketones is 2. The van der Waals surface area contributed by atoms with Crippen molar-refractivity contribution in [3.8, 4) is 5.75 Å². The summed E-state index contributed by atoms with van der Waals surface area (Å²) in [5.41, 5.74) is 0.488. The molecular weight excluding hydrogens is 464 g/mol. The van der Waals surface area contributed by atoms with E-state index in [1.807, 2.05) is 18.2 Å². The maximum Gasteiger partial charge on any atom is 0.303 e. The van der Waals surface area contributed by atoms with Crippen LogP contribution in [0.2, 0.25) is 0 Å². The van der Waals surface area contributed by atoms with E-state index >= 15 is 0 Å². The Morgan fingerprint density at radius 1 is 1.00 bits per heavy atom. The summed E-state index contributed by atoms with van der Waals surface area (Å²) in [6.07, 6.45) is 13.9. The molecule has 1 aromatic rings. The van der Waals surface area contributed by atoms with Crippen LogP contribution in [0.1, 0.15) is 57.9 Å². The molecule has 0 aromatic heterocycles. The largest absolute Gasteiger partial charge is 0.497 e. The molecule has 0 amide bonds. The van der Waals surface area contributed by atoms with Crippen molar-refractivity contribution in [3.05, 3.63) is 54.1 Å². The zero-order valence-corrected chi connectivity index (χ0v) is 21.9. The minimum atomic E-state index is -0.511. The summed E-state index contributed by atoms with van der Waals surface area (Å²) in [4.78, 5) is 40.7. The number of esters is 1. The summed E-state index contributed by atoms with van der Waals surface area (Å²) in [7, 11) is 1.68. The standard InChI is InChI=1S/C32H36O5/c1-18(33)37-24-8-6-7-21-22-17-23(34)27-28(26(22)29(35)25(21)24)31-14-5-4-13-30(31,2)32(27,16-15-31)19-9-11-20(36-3)12-10-19/h6,8-12,15-16,21-22,24-28H,4-5,7,13-14,17H2,1-3H3/t21-,22-,24-,25+,26+,27+,28-,30-,31-,32-/m0/s1. The van der Waals surface area contributed by atoms with Crippen molar-refractivity contribution in [1.82, 2.24) is 0 Å². The zero-order chi connectivity index (χ0) is 25.7. The first-order valence-electron chi connectivity index (χ1n) is 14.0. The molecule has 5 nitrogen and oxygen atoms in total. The predicted octanol–water partition coefficient (Wildman–Crippen LogP) is 5.23. The SMILES string of the molecule is COc1ccc([C@]23C=C[C@@]4(CCCC[C@]24C)[C@H]2[C@@H]4C(=O)[C@@H]5[C@@H](CC=C[C@@H]5OC(C)=O)[C@@H]4CC(=O)[C@H]23)cc1. The van der Waals surface area contributed by atoms with E-state index in [4.69, 9.17) is 9.47 Å². The smallest absolute Gasteiger partial charge is 0.303 e. The van der Waals surface area contributed by atoms with E-state index in [0.29, 0.717) is 12.2 Å². The third kappa shape index (κ3) is 2.64. The Bertz CT molecular complexity index is 1240. The number of allylic oxidation sites excluding steroid dienone is 3. The number of benzene rings is 1. The van der Waals surface area contributed by atoms with E-state index in [1.165, 1.54) is 12.5 Å². The summed E-state index contributed by atoms with van der Waals surface area (Å²) in [6.45, 7) is 3.82. The van der Waals surface area contributed by atoms with Gasteiger partial charge in [-0.3, -0.25) is 14.4 Å². The van der Waals surface area contributed by atoms with Crippen LogP contribution < -0.4 is 4.74 Å². The molecule has 2 bridgehead atoms. The van der Waals surface area contributed by atoms with Crippen LogP contribution in [0.3, 0.4) is 0 Å². The van der Waals surface area contributed by atoms with Crippen molar-refractivity contribution in [2.45, 2.75) is 63.9 Å². The van der Waals surface area contributed by atoms with Gasteiger partial charge in [-0.15, -0.1) is 0 Å². The lowest BCUT2D eigenvalue weighted by molar-refractivity contribution is -0.149. The van der Waals surface area contributed by atoms with Gasteiger partial charge in [0.2, 0.25) is 0 Å². The van der Waals surface area contributed by atoms with Gasteiger partial charge in [0.25, 0.3) is 0 Å². The molecule has 4 fully saturated rings. The molecule has 37 heavy (non-hydrogen) atoms. The zero-order valence-electron chi connectivity index (χ0n) is 21.9. The molecule has 6 aliphatic carbocycles. The molecule has 0 heterocycles. The third-order valence-corrected chi connectivity index (χ3v) is 11.8. The monoisotopic (exact) mass is 500 g/mol. The lowest BCUT2D eigenvalue weighted by Crippen LogP contribution is -2.50. The lowest BCUT2D eigenvalue weighted by atomic mass is 9.52. The topological polar surface area (TPSA) is 69.7 Å². The molecule has 0 N–H and O–H groups in total. The van der Waals surface area contributed by atoms with Gasteiger partial charge in [0.15, 0.2) is 0 Å². The van der Waals surface area contributed by atoms with E-state index in [1.54, 1.807) is 7.11 Å². The van der Waals surface area contributed by atoms with Gasteiger partial charge in [0.05, 0.1) is 13.0 Å². The van der Waals surface area contributed by atoms with Gasteiger partial charge in [-0.05, 0) is 71.6 Å². The Labute approximate surface area is 218 Å². The Morgan fingerprint density at radius 2 is 1.76 bits per heavy atom. The molecular formula is C32H36O5. The van der Waals surface area contributed by atoms with E-state index in [-0.39, 0.29) is 58.1 Å². The Kier molecular flexibility index (Phi) is 4.86. The normalized spacial score (nSPS) is 46.7. The van der Waals surface area contributed by atoms with Crippen molar-refractivity contribution in [2.75, 3.05) is 7.11 Å².